The fourth-order valence-electron chi connectivity index (χ4n) is 2.61. The van der Waals surface area contributed by atoms with E-state index in [9.17, 15) is 13.6 Å². The first-order chi connectivity index (χ1) is 9.49. The van der Waals surface area contributed by atoms with Crippen LogP contribution in [0.4, 0.5) is 8.78 Å². The molecule has 7 heteroatoms. The van der Waals surface area contributed by atoms with Crippen molar-refractivity contribution in [3.05, 3.63) is 12.7 Å². The first kappa shape index (κ1) is 15.3. The molecule has 0 saturated carbocycles. The van der Waals surface area contributed by atoms with Crippen molar-refractivity contribution < 1.29 is 23.1 Å². The second kappa shape index (κ2) is 6.15. The molecule has 2 rings (SSSR count). The van der Waals surface area contributed by atoms with E-state index in [1.54, 1.807) is 0 Å². The van der Waals surface area contributed by atoms with E-state index in [0.717, 1.165) is 0 Å². The van der Waals surface area contributed by atoms with Crippen LogP contribution in [0.1, 0.15) is 13.3 Å². The highest BCUT2D eigenvalue weighted by atomic mass is 19.3. The van der Waals surface area contributed by atoms with Gasteiger partial charge >= 0.3 is 5.97 Å². The van der Waals surface area contributed by atoms with Crippen molar-refractivity contribution in [1.82, 2.24) is 10.4 Å². The fourth-order valence-corrected chi connectivity index (χ4v) is 2.61. The maximum absolute atomic E-state index is 13.8. The van der Waals surface area contributed by atoms with Crippen LogP contribution in [0.25, 0.3) is 0 Å². The molecule has 114 valence electrons. The highest BCUT2D eigenvalue weighted by Gasteiger charge is 2.57. The Morgan fingerprint density at radius 1 is 1.70 bits per heavy atom. The van der Waals surface area contributed by atoms with Gasteiger partial charge in [0.15, 0.2) is 0 Å². The van der Waals surface area contributed by atoms with Gasteiger partial charge in [0.25, 0.3) is 5.92 Å². The Balaban J connectivity index is 1.97. The average molecular weight is 290 g/mol. The molecule has 1 unspecified atom stereocenters. The standard InChI is InChI=1S/C13H20F2N2O3/c1-3-5-19-12(18)9(4-2)6-17-11-10(7-20-17)16-8-13(11,14)15/h3,9-11,16H,1,4-8H2,2H3/t9?,10-,11+/m0/s1. The zero-order chi connectivity index (χ0) is 14.8. The van der Waals surface area contributed by atoms with Gasteiger partial charge in [-0.05, 0) is 6.42 Å². The van der Waals surface area contributed by atoms with Crippen molar-refractivity contribution in [2.24, 2.45) is 5.92 Å². The van der Waals surface area contributed by atoms with E-state index in [1.165, 1.54) is 11.1 Å². The number of halogens is 2. The number of nitrogens with one attached hydrogen (secondary N) is 1. The average Bonchev–Trinajstić information content (AvgIpc) is 2.95. The molecule has 2 aliphatic heterocycles. The van der Waals surface area contributed by atoms with E-state index in [-0.39, 0.29) is 32.3 Å². The molecular formula is C13H20F2N2O3. The number of hydrogen-bond donors (Lipinski definition) is 1. The lowest BCUT2D eigenvalue weighted by atomic mass is 10.0. The summed E-state index contributed by atoms with van der Waals surface area (Å²) in [6.45, 7) is 5.38. The highest BCUT2D eigenvalue weighted by molar-refractivity contribution is 5.72. The van der Waals surface area contributed by atoms with Gasteiger partial charge in [0, 0.05) is 6.54 Å². The number of hydrogen-bond acceptors (Lipinski definition) is 5. The van der Waals surface area contributed by atoms with Crippen molar-refractivity contribution in [2.45, 2.75) is 31.4 Å². The van der Waals surface area contributed by atoms with Crippen LogP contribution in [0.2, 0.25) is 0 Å². The van der Waals surface area contributed by atoms with Crippen LogP contribution in [0.15, 0.2) is 12.7 Å². The molecular weight excluding hydrogens is 270 g/mol. The molecule has 0 spiro atoms. The fraction of sp³-hybridized carbons (Fsp3) is 0.769. The normalized spacial score (nSPS) is 29.9. The molecule has 0 radical (unpaired) electrons. The van der Waals surface area contributed by atoms with Crippen LogP contribution >= 0.6 is 0 Å². The third-order valence-electron chi connectivity index (χ3n) is 3.71. The van der Waals surface area contributed by atoms with Crippen LogP contribution in [-0.2, 0) is 14.4 Å². The molecule has 0 amide bonds. The summed E-state index contributed by atoms with van der Waals surface area (Å²) in [5.41, 5.74) is 0. The molecule has 2 aliphatic rings. The van der Waals surface area contributed by atoms with Crippen LogP contribution in [0.5, 0.6) is 0 Å². The molecule has 0 bridgehead atoms. The lowest BCUT2D eigenvalue weighted by Crippen LogP contribution is -2.47. The minimum atomic E-state index is -2.84. The summed E-state index contributed by atoms with van der Waals surface area (Å²) in [6, 6.07) is -1.39. The van der Waals surface area contributed by atoms with Crippen molar-refractivity contribution in [3.8, 4) is 0 Å². The third kappa shape index (κ3) is 2.99. The summed E-state index contributed by atoms with van der Waals surface area (Å²) in [6.07, 6.45) is 1.98. The number of hydroxylamine groups is 2. The van der Waals surface area contributed by atoms with Crippen molar-refractivity contribution in [3.63, 3.8) is 0 Å². The summed E-state index contributed by atoms with van der Waals surface area (Å²) in [4.78, 5) is 17.1. The SMILES string of the molecule is C=CCOC(=O)C(CC)CN1OC[C@@H]2NCC(F)(F)[C@@H]21. The van der Waals surface area contributed by atoms with Gasteiger partial charge in [-0.25, -0.2) is 8.78 Å². The summed E-state index contributed by atoms with van der Waals surface area (Å²) >= 11 is 0. The Morgan fingerprint density at radius 2 is 2.45 bits per heavy atom. The number of rotatable bonds is 6. The van der Waals surface area contributed by atoms with Crippen LogP contribution < -0.4 is 5.32 Å². The third-order valence-corrected chi connectivity index (χ3v) is 3.71. The quantitative estimate of drug-likeness (QED) is 0.583. The lowest BCUT2D eigenvalue weighted by molar-refractivity contribution is -0.191. The van der Waals surface area contributed by atoms with E-state index in [4.69, 9.17) is 9.57 Å². The van der Waals surface area contributed by atoms with Gasteiger partial charge in [0.2, 0.25) is 0 Å². The maximum atomic E-state index is 13.8. The van der Waals surface area contributed by atoms with Gasteiger partial charge in [0.05, 0.1) is 25.1 Å². The molecule has 0 aromatic rings. The Labute approximate surface area is 116 Å². The highest BCUT2D eigenvalue weighted by Crippen LogP contribution is 2.35. The van der Waals surface area contributed by atoms with Gasteiger partial charge in [-0.2, -0.15) is 5.06 Å². The summed E-state index contributed by atoms with van der Waals surface area (Å²) in [5.74, 6) is -3.73. The van der Waals surface area contributed by atoms with Crippen molar-refractivity contribution >= 4 is 5.97 Å². The van der Waals surface area contributed by atoms with Gasteiger partial charge in [-0.3, -0.25) is 9.63 Å². The number of esters is 1. The molecule has 0 aromatic heterocycles. The Bertz CT molecular complexity index is 379. The molecule has 3 atom stereocenters. The van der Waals surface area contributed by atoms with Crippen LogP contribution in [-0.4, -0.2) is 55.3 Å². The predicted octanol–water partition coefficient (Wildman–Crippen LogP) is 0.965. The van der Waals surface area contributed by atoms with Gasteiger partial charge in [0.1, 0.15) is 12.6 Å². The van der Waals surface area contributed by atoms with Crippen molar-refractivity contribution in [2.75, 3.05) is 26.3 Å². The minimum absolute atomic E-state index is 0.116. The summed E-state index contributed by atoms with van der Waals surface area (Å²) < 4.78 is 32.6. The molecule has 0 aromatic carbocycles. The zero-order valence-electron chi connectivity index (χ0n) is 11.5. The number of nitrogens with zero attached hydrogens (tertiary/aromatic N) is 1. The van der Waals surface area contributed by atoms with Crippen molar-refractivity contribution in [1.29, 1.82) is 0 Å². The maximum Gasteiger partial charge on any atom is 0.310 e. The van der Waals surface area contributed by atoms with Gasteiger partial charge in [-0.1, -0.05) is 19.6 Å². The van der Waals surface area contributed by atoms with E-state index < -0.39 is 23.9 Å². The number of carbonyl (C=O) groups is 1. The molecule has 5 nitrogen and oxygen atoms in total. The molecule has 20 heavy (non-hydrogen) atoms. The van der Waals surface area contributed by atoms with Crippen LogP contribution in [0.3, 0.4) is 0 Å². The zero-order valence-corrected chi connectivity index (χ0v) is 11.5. The van der Waals surface area contributed by atoms with E-state index in [1.807, 2.05) is 6.92 Å². The molecule has 2 saturated heterocycles. The largest absolute Gasteiger partial charge is 0.461 e. The monoisotopic (exact) mass is 290 g/mol. The number of alkyl halides is 2. The van der Waals surface area contributed by atoms with Gasteiger partial charge in [-0.15, -0.1) is 0 Å². The number of ether oxygens (including phenoxy) is 1. The topological polar surface area (TPSA) is 50.8 Å². The molecule has 2 heterocycles. The second-order valence-electron chi connectivity index (χ2n) is 5.11. The van der Waals surface area contributed by atoms with Gasteiger partial charge < -0.3 is 10.1 Å². The van der Waals surface area contributed by atoms with E-state index in [0.29, 0.717) is 6.42 Å². The van der Waals surface area contributed by atoms with E-state index in [2.05, 4.69) is 11.9 Å². The smallest absolute Gasteiger partial charge is 0.310 e. The molecule has 2 fully saturated rings. The first-order valence-electron chi connectivity index (χ1n) is 6.78. The summed E-state index contributed by atoms with van der Waals surface area (Å²) in [5, 5.41) is 3.99. The first-order valence-corrected chi connectivity index (χ1v) is 6.78. The predicted molar refractivity (Wildman–Crippen MR) is 68.1 cm³/mol. The number of carbonyl (C=O) groups excluding carboxylic acids is 1. The minimum Gasteiger partial charge on any atom is -0.461 e. The molecule has 1 N–H and O–H groups in total. The number of fused-ring (bicyclic) bond motifs is 1. The Morgan fingerprint density at radius 3 is 3.10 bits per heavy atom. The molecule has 0 aliphatic carbocycles. The van der Waals surface area contributed by atoms with E-state index >= 15 is 0 Å². The summed E-state index contributed by atoms with van der Waals surface area (Å²) in [7, 11) is 0. The Hall–Kier alpha value is -1.05. The van der Waals surface area contributed by atoms with Crippen LogP contribution in [0, 0.1) is 5.92 Å². The Kier molecular flexibility index (Phi) is 4.72. The second-order valence-corrected chi connectivity index (χ2v) is 5.11. The lowest BCUT2D eigenvalue weighted by Gasteiger charge is -2.28.